The lowest BCUT2D eigenvalue weighted by molar-refractivity contribution is -0.137. The monoisotopic (exact) mass is 337 g/mol. The number of nitrogens with zero attached hydrogens (tertiary/aromatic N) is 3. The Morgan fingerprint density at radius 3 is 2.71 bits per heavy atom. The largest absolute Gasteiger partial charge is 0.416 e. The van der Waals surface area contributed by atoms with Crippen LogP contribution in [0.25, 0.3) is 10.9 Å². The van der Waals surface area contributed by atoms with Crippen LogP contribution in [0.5, 0.6) is 0 Å². The molecule has 1 amide bonds. The fourth-order valence-electron chi connectivity index (χ4n) is 3.13. The molecule has 1 aliphatic rings. The highest BCUT2D eigenvalue weighted by molar-refractivity contribution is 5.92. The summed E-state index contributed by atoms with van der Waals surface area (Å²) in [5, 5.41) is 0.670. The van der Waals surface area contributed by atoms with Gasteiger partial charge in [-0.05, 0) is 24.6 Å². The van der Waals surface area contributed by atoms with Crippen LogP contribution in [0.3, 0.4) is 0 Å². The van der Waals surface area contributed by atoms with Crippen molar-refractivity contribution < 1.29 is 18.0 Å². The van der Waals surface area contributed by atoms with Gasteiger partial charge in [-0.2, -0.15) is 13.2 Å². The first-order valence-corrected chi connectivity index (χ1v) is 7.69. The second-order valence-electron chi connectivity index (χ2n) is 6.22. The number of hydrogen-bond acceptors (Lipinski definition) is 3. The molecule has 1 unspecified atom stereocenters. The molecule has 0 spiro atoms. The highest BCUT2D eigenvalue weighted by Crippen LogP contribution is 2.35. The van der Waals surface area contributed by atoms with Gasteiger partial charge < -0.3 is 9.80 Å². The standard InChI is InChI=1S/C17H18F3N3O/c1-22(2)16(24)11-6-8-23(10-11)15-5-7-21-14-9-12(17(18,19)20)3-4-13(14)15/h3-5,7,9,11H,6,8,10H2,1-2H3. The molecule has 24 heavy (non-hydrogen) atoms. The van der Waals surface area contributed by atoms with Gasteiger partial charge >= 0.3 is 6.18 Å². The Kier molecular flexibility index (Phi) is 4.11. The zero-order valence-corrected chi connectivity index (χ0v) is 13.5. The van der Waals surface area contributed by atoms with E-state index in [4.69, 9.17) is 0 Å². The van der Waals surface area contributed by atoms with Crippen LogP contribution in [0.15, 0.2) is 30.5 Å². The maximum absolute atomic E-state index is 12.9. The van der Waals surface area contributed by atoms with Crippen molar-refractivity contribution in [2.45, 2.75) is 12.6 Å². The minimum absolute atomic E-state index is 0.0789. The molecule has 1 fully saturated rings. The summed E-state index contributed by atoms with van der Waals surface area (Å²) in [4.78, 5) is 19.8. The molecule has 4 nitrogen and oxygen atoms in total. The number of alkyl halides is 3. The minimum Gasteiger partial charge on any atom is -0.370 e. The van der Waals surface area contributed by atoms with E-state index in [1.54, 1.807) is 25.1 Å². The summed E-state index contributed by atoms with van der Waals surface area (Å²) in [6.45, 7) is 1.27. The third kappa shape index (κ3) is 3.02. The quantitative estimate of drug-likeness (QED) is 0.845. The zero-order chi connectivity index (χ0) is 17.5. The lowest BCUT2D eigenvalue weighted by Crippen LogP contribution is -2.31. The highest BCUT2D eigenvalue weighted by Gasteiger charge is 2.32. The van der Waals surface area contributed by atoms with E-state index in [1.165, 1.54) is 12.3 Å². The van der Waals surface area contributed by atoms with Gasteiger partial charge in [-0.25, -0.2) is 0 Å². The van der Waals surface area contributed by atoms with Crippen molar-refractivity contribution in [3.8, 4) is 0 Å². The molecular weight excluding hydrogens is 319 g/mol. The minimum atomic E-state index is -4.39. The van der Waals surface area contributed by atoms with Crippen molar-refractivity contribution in [3.05, 3.63) is 36.0 Å². The first-order chi connectivity index (χ1) is 11.3. The van der Waals surface area contributed by atoms with Crippen molar-refractivity contribution in [1.82, 2.24) is 9.88 Å². The number of halogens is 3. The molecule has 1 saturated heterocycles. The van der Waals surface area contributed by atoms with Crippen molar-refractivity contribution in [2.24, 2.45) is 5.92 Å². The lowest BCUT2D eigenvalue weighted by Gasteiger charge is -2.21. The van der Waals surface area contributed by atoms with Gasteiger partial charge in [0.25, 0.3) is 0 Å². The van der Waals surface area contributed by atoms with Gasteiger partial charge in [0.2, 0.25) is 5.91 Å². The fourth-order valence-corrected chi connectivity index (χ4v) is 3.13. The van der Waals surface area contributed by atoms with Crippen LogP contribution >= 0.6 is 0 Å². The first-order valence-electron chi connectivity index (χ1n) is 7.69. The maximum atomic E-state index is 12.9. The Morgan fingerprint density at radius 1 is 1.29 bits per heavy atom. The summed E-state index contributed by atoms with van der Waals surface area (Å²) >= 11 is 0. The van der Waals surface area contributed by atoms with Crippen LogP contribution in [-0.2, 0) is 11.0 Å². The van der Waals surface area contributed by atoms with Gasteiger partial charge in [0, 0.05) is 44.5 Å². The molecule has 1 atom stereocenters. The van der Waals surface area contributed by atoms with Gasteiger partial charge in [0.1, 0.15) is 0 Å². The van der Waals surface area contributed by atoms with E-state index in [2.05, 4.69) is 4.98 Å². The normalized spacial score (nSPS) is 18.2. The summed E-state index contributed by atoms with van der Waals surface area (Å²) in [5.74, 6) is -0.00659. The van der Waals surface area contributed by atoms with Crippen LogP contribution in [0, 0.1) is 5.92 Å². The van der Waals surface area contributed by atoms with E-state index in [0.29, 0.717) is 24.0 Å². The van der Waals surface area contributed by atoms with Crippen molar-refractivity contribution in [2.75, 3.05) is 32.1 Å². The fraction of sp³-hybridized carbons (Fsp3) is 0.412. The number of rotatable bonds is 2. The van der Waals surface area contributed by atoms with Gasteiger partial charge in [-0.15, -0.1) is 0 Å². The third-order valence-electron chi connectivity index (χ3n) is 4.37. The van der Waals surface area contributed by atoms with Gasteiger partial charge in [0.05, 0.1) is 17.0 Å². The summed E-state index contributed by atoms with van der Waals surface area (Å²) in [6, 6.07) is 5.39. The molecule has 0 N–H and O–H groups in total. The van der Waals surface area contributed by atoms with Crippen molar-refractivity contribution in [3.63, 3.8) is 0 Å². The molecule has 1 aliphatic heterocycles. The van der Waals surface area contributed by atoms with E-state index in [-0.39, 0.29) is 11.8 Å². The number of carbonyl (C=O) groups is 1. The second-order valence-corrected chi connectivity index (χ2v) is 6.22. The molecule has 2 aromatic rings. The Labute approximate surface area is 137 Å². The number of benzene rings is 1. The smallest absolute Gasteiger partial charge is 0.370 e. The lowest BCUT2D eigenvalue weighted by atomic mass is 10.1. The van der Waals surface area contributed by atoms with E-state index >= 15 is 0 Å². The Hall–Kier alpha value is -2.31. The number of carbonyl (C=O) groups excluding carboxylic acids is 1. The van der Waals surface area contributed by atoms with Gasteiger partial charge in [-0.1, -0.05) is 6.07 Å². The summed E-state index contributed by atoms with van der Waals surface area (Å²) in [6.07, 6.45) is -2.14. The topological polar surface area (TPSA) is 36.4 Å². The molecule has 7 heteroatoms. The van der Waals surface area contributed by atoms with E-state index < -0.39 is 11.7 Å². The second kappa shape index (κ2) is 5.96. The molecule has 0 saturated carbocycles. The van der Waals surface area contributed by atoms with E-state index in [9.17, 15) is 18.0 Å². The number of pyridine rings is 1. The maximum Gasteiger partial charge on any atom is 0.416 e. The molecular formula is C17H18F3N3O. The van der Waals surface area contributed by atoms with Crippen molar-refractivity contribution >= 4 is 22.5 Å². The molecule has 0 bridgehead atoms. The van der Waals surface area contributed by atoms with Crippen molar-refractivity contribution in [1.29, 1.82) is 0 Å². The predicted molar refractivity (Wildman–Crippen MR) is 85.8 cm³/mol. The Morgan fingerprint density at radius 2 is 2.04 bits per heavy atom. The van der Waals surface area contributed by atoms with Crippen LogP contribution in [-0.4, -0.2) is 43.0 Å². The van der Waals surface area contributed by atoms with Crippen LogP contribution in [0.4, 0.5) is 18.9 Å². The average Bonchev–Trinajstić information content (AvgIpc) is 3.01. The number of amides is 1. The average molecular weight is 337 g/mol. The Balaban J connectivity index is 1.92. The molecule has 2 heterocycles. The van der Waals surface area contributed by atoms with Crippen LogP contribution in [0.1, 0.15) is 12.0 Å². The third-order valence-corrected chi connectivity index (χ3v) is 4.37. The summed E-state index contributed by atoms with van der Waals surface area (Å²) < 4.78 is 38.6. The zero-order valence-electron chi connectivity index (χ0n) is 13.5. The predicted octanol–water partition coefficient (Wildman–Crippen LogP) is 3.17. The summed E-state index contributed by atoms with van der Waals surface area (Å²) in [7, 11) is 3.46. The van der Waals surface area contributed by atoms with E-state index in [0.717, 1.165) is 24.2 Å². The molecule has 128 valence electrons. The molecule has 1 aromatic heterocycles. The van der Waals surface area contributed by atoms with Gasteiger partial charge in [0.15, 0.2) is 0 Å². The summed E-state index contributed by atoms with van der Waals surface area (Å²) in [5.41, 5.74) is 0.425. The SMILES string of the molecule is CN(C)C(=O)C1CCN(c2ccnc3cc(C(F)(F)F)ccc23)C1. The number of hydrogen-bond donors (Lipinski definition) is 0. The van der Waals surface area contributed by atoms with E-state index in [1.807, 2.05) is 4.90 Å². The Bertz CT molecular complexity index is 773. The number of fused-ring (bicyclic) bond motifs is 1. The van der Waals surface area contributed by atoms with Crippen LogP contribution < -0.4 is 4.90 Å². The van der Waals surface area contributed by atoms with Crippen LogP contribution in [0.2, 0.25) is 0 Å². The highest BCUT2D eigenvalue weighted by atomic mass is 19.4. The molecule has 1 aromatic carbocycles. The molecule has 0 aliphatic carbocycles. The number of anilines is 1. The molecule has 3 rings (SSSR count). The molecule has 0 radical (unpaired) electrons. The first kappa shape index (κ1) is 16.5. The number of aromatic nitrogens is 1. The van der Waals surface area contributed by atoms with Gasteiger partial charge in [-0.3, -0.25) is 9.78 Å².